The van der Waals surface area contributed by atoms with Crippen LogP contribution in [0.3, 0.4) is 0 Å². The van der Waals surface area contributed by atoms with E-state index in [9.17, 15) is 14.7 Å². The first kappa shape index (κ1) is 24.7. The maximum atomic E-state index is 13.5. The number of Topliss-reactive ketones (excluding diaryl/α,β-unsaturated/α-hetero) is 1. The van der Waals surface area contributed by atoms with Crippen molar-refractivity contribution in [1.29, 1.82) is 0 Å². The molecule has 3 heterocycles. The Balaban J connectivity index is 1.72. The number of aromatic nitrogens is 1. The van der Waals surface area contributed by atoms with Crippen LogP contribution in [0.1, 0.15) is 53.9 Å². The average molecular weight is 537 g/mol. The summed E-state index contributed by atoms with van der Waals surface area (Å²) in [6.45, 7) is 10.1. The first-order valence-electron chi connectivity index (χ1n) is 11.5. The normalized spacial score (nSPS) is 17.9. The van der Waals surface area contributed by atoms with Gasteiger partial charge in [-0.25, -0.2) is 4.98 Å². The van der Waals surface area contributed by atoms with Crippen molar-refractivity contribution in [3.8, 4) is 0 Å². The maximum absolute atomic E-state index is 13.5. The zero-order valence-electron chi connectivity index (χ0n) is 20.5. The summed E-state index contributed by atoms with van der Waals surface area (Å²) in [5.41, 5.74) is 3.88. The zero-order valence-corrected chi connectivity index (χ0v) is 22.9. The summed E-state index contributed by atoms with van der Waals surface area (Å²) in [4.78, 5) is 33.8. The first-order valence-corrected chi connectivity index (χ1v) is 13.6. The van der Waals surface area contributed by atoms with E-state index in [0.717, 1.165) is 26.3 Å². The third-order valence-electron chi connectivity index (χ3n) is 6.48. The lowest BCUT2D eigenvalue weighted by atomic mass is 9.84. The van der Waals surface area contributed by atoms with E-state index < -0.39 is 17.7 Å². The summed E-state index contributed by atoms with van der Waals surface area (Å²) in [5, 5.41) is 14.5. The molecular weight excluding hydrogens is 512 g/mol. The SMILES string of the molecule is Cc1cc2sc(N3C(=O)C(=O)/C(=C(/O)c4cc(C(C)(C)C)ccc4C)C3c3cccs3)nc2cc1Cl. The van der Waals surface area contributed by atoms with Crippen molar-refractivity contribution in [1.82, 2.24) is 4.98 Å². The van der Waals surface area contributed by atoms with Crippen molar-refractivity contribution < 1.29 is 14.7 Å². The molecule has 0 saturated carbocycles. The van der Waals surface area contributed by atoms with E-state index in [4.69, 9.17) is 11.6 Å². The van der Waals surface area contributed by atoms with E-state index in [-0.39, 0.29) is 16.7 Å². The Morgan fingerprint density at radius 1 is 1.08 bits per heavy atom. The number of thiophene rings is 1. The standard InChI is InChI=1S/C28H25ClN2O3S2/c1-14-8-9-16(28(3,4)5)12-17(14)24(32)22-23(20-7-6-10-35-20)31(26(34)25(22)33)27-30-19-13-18(29)15(2)11-21(19)36-27/h6-13,23,32H,1-5H3/b24-22+. The number of fused-ring (bicyclic) bond motifs is 1. The van der Waals surface area contributed by atoms with Crippen LogP contribution in [-0.2, 0) is 15.0 Å². The lowest BCUT2D eigenvalue weighted by molar-refractivity contribution is -0.132. The van der Waals surface area contributed by atoms with Crippen molar-refractivity contribution in [3.05, 3.63) is 85.6 Å². The lowest BCUT2D eigenvalue weighted by Crippen LogP contribution is -2.28. The zero-order chi connectivity index (χ0) is 25.9. The van der Waals surface area contributed by atoms with Gasteiger partial charge in [0.1, 0.15) is 11.8 Å². The average Bonchev–Trinajstić information content (AvgIpc) is 3.52. The number of amides is 1. The molecular formula is C28H25ClN2O3S2. The second kappa shape index (κ2) is 8.83. The summed E-state index contributed by atoms with van der Waals surface area (Å²) in [6, 6.07) is 12.5. The number of nitrogens with zero attached hydrogens (tertiary/aromatic N) is 2. The second-order valence-corrected chi connectivity index (χ2v) is 12.4. The van der Waals surface area contributed by atoms with E-state index in [1.54, 1.807) is 6.07 Å². The molecule has 0 bridgehead atoms. The van der Waals surface area contributed by atoms with Gasteiger partial charge in [0.15, 0.2) is 5.13 Å². The van der Waals surface area contributed by atoms with Gasteiger partial charge in [0, 0.05) is 15.5 Å². The maximum Gasteiger partial charge on any atom is 0.301 e. The highest BCUT2D eigenvalue weighted by molar-refractivity contribution is 7.22. The summed E-state index contributed by atoms with van der Waals surface area (Å²) in [6.07, 6.45) is 0. The fraction of sp³-hybridized carbons (Fsp3) is 0.250. The monoisotopic (exact) mass is 536 g/mol. The first-order chi connectivity index (χ1) is 17.0. The molecule has 1 fully saturated rings. The molecule has 1 aliphatic heterocycles. The Hall–Kier alpha value is -3.00. The molecule has 0 spiro atoms. The molecule has 1 aliphatic rings. The number of rotatable bonds is 3. The van der Waals surface area contributed by atoms with E-state index in [1.807, 2.05) is 55.6 Å². The van der Waals surface area contributed by atoms with Crippen molar-refractivity contribution in [3.63, 3.8) is 0 Å². The summed E-state index contributed by atoms with van der Waals surface area (Å²) >= 11 is 9.05. The van der Waals surface area contributed by atoms with Crippen LogP contribution in [-0.4, -0.2) is 21.8 Å². The topological polar surface area (TPSA) is 70.5 Å². The number of aryl methyl sites for hydroxylation is 2. The highest BCUT2D eigenvalue weighted by atomic mass is 35.5. The van der Waals surface area contributed by atoms with E-state index in [0.29, 0.717) is 21.2 Å². The molecule has 0 radical (unpaired) electrons. The Bertz CT molecular complexity index is 1520. The number of aliphatic hydroxyl groups is 1. The number of hydrogen-bond donors (Lipinski definition) is 1. The van der Waals surface area contributed by atoms with Crippen molar-refractivity contribution in [2.75, 3.05) is 4.90 Å². The van der Waals surface area contributed by atoms with Crippen LogP contribution in [0.5, 0.6) is 0 Å². The third-order valence-corrected chi connectivity index (χ3v) is 8.83. The largest absolute Gasteiger partial charge is 0.507 e. The Morgan fingerprint density at radius 2 is 1.83 bits per heavy atom. The minimum absolute atomic E-state index is 0.0741. The lowest BCUT2D eigenvalue weighted by Gasteiger charge is -2.23. The van der Waals surface area contributed by atoms with Gasteiger partial charge in [-0.05, 0) is 65.6 Å². The molecule has 5 nitrogen and oxygen atoms in total. The number of carbonyl (C=O) groups excluding carboxylic acids is 2. The van der Waals surface area contributed by atoms with E-state index >= 15 is 0 Å². The van der Waals surface area contributed by atoms with Crippen LogP contribution in [0.25, 0.3) is 16.0 Å². The molecule has 2 aromatic carbocycles. The molecule has 0 aliphatic carbocycles. The van der Waals surface area contributed by atoms with Gasteiger partial charge in [0.2, 0.25) is 0 Å². The number of halogens is 1. The quantitative estimate of drug-likeness (QED) is 0.167. The minimum atomic E-state index is -0.778. The van der Waals surface area contributed by atoms with Crippen molar-refractivity contribution in [2.24, 2.45) is 0 Å². The molecule has 1 amide bonds. The molecule has 36 heavy (non-hydrogen) atoms. The van der Waals surface area contributed by atoms with Gasteiger partial charge in [-0.15, -0.1) is 11.3 Å². The molecule has 1 unspecified atom stereocenters. The molecule has 4 aromatic rings. The van der Waals surface area contributed by atoms with E-state index in [2.05, 4.69) is 25.8 Å². The van der Waals surface area contributed by atoms with Crippen LogP contribution >= 0.6 is 34.3 Å². The van der Waals surface area contributed by atoms with Gasteiger partial charge in [-0.1, -0.05) is 61.9 Å². The highest BCUT2D eigenvalue weighted by Gasteiger charge is 2.48. The van der Waals surface area contributed by atoms with Gasteiger partial charge in [0.25, 0.3) is 5.78 Å². The number of thiazole rings is 1. The van der Waals surface area contributed by atoms with Gasteiger partial charge >= 0.3 is 5.91 Å². The van der Waals surface area contributed by atoms with Gasteiger partial charge < -0.3 is 5.11 Å². The summed E-state index contributed by atoms with van der Waals surface area (Å²) in [7, 11) is 0. The second-order valence-electron chi connectivity index (χ2n) is 10.0. The van der Waals surface area contributed by atoms with Crippen molar-refractivity contribution in [2.45, 2.75) is 46.1 Å². The molecule has 1 saturated heterocycles. The third kappa shape index (κ3) is 4.05. The number of carbonyl (C=O) groups is 2. The van der Waals surface area contributed by atoms with Gasteiger partial charge in [-0.3, -0.25) is 14.5 Å². The predicted octanol–water partition coefficient (Wildman–Crippen LogP) is 7.55. The van der Waals surface area contributed by atoms with Crippen LogP contribution in [0, 0.1) is 13.8 Å². The van der Waals surface area contributed by atoms with Crippen LogP contribution < -0.4 is 4.90 Å². The molecule has 8 heteroatoms. The highest BCUT2D eigenvalue weighted by Crippen LogP contribution is 2.46. The fourth-order valence-electron chi connectivity index (χ4n) is 4.38. The predicted molar refractivity (Wildman–Crippen MR) is 148 cm³/mol. The van der Waals surface area contributed by atoms with Crippen molar-refractivity contribution >= 4 is 67.1 Å². The Morgan fingerprint density at radius 3 is 2.50 bits per heavy atom. The molecule has 184 valence electrons. The van der Waals surface area contributed by atoms with Crippen LogP contribution in [0.2, 0.25) is 5.02 Å². The van der Waals surface area contributed by atoms with Crippen LogP contribution in [0.15, 0.2) is 53.4 Å². The van der Waals surface area contributed by atoms with Gasteiger partial charge in [-0.2, -0.15) is 0 Å². The van der Waals surface area contributed by atoms with Crippen LogP contribution in [0.4, 0.5) is 5.13 Å². The summed E-state index contributed by atoms with van der Waals surface area (Å²) in [5.74, 6) is -1.60. The molecule has 5 rings (SSSR count). The Kier molecular flexibility index (Phi) is 6.06. The Labute approximate surface area is 222 Å². The molecule has 1 N–H and O–H groups in total. The number of hydrogen-bond acceptors (Lipinski definition) is 6. The smallest absolute Gasteiger partial charge is 0.301 e. The minimum Gasteiger partial charge on any atom is -0.507 e. The number of anilines is 1. The molecule has 2 aromatic heterocycles. The fourth-order valence-corrected chi connectivity index (χ4v) is 6.43. The number of ketones is 1. The summed E-state index contributed by atoms with van der Waals surface area (Å²) < 4.78 is 0.868. The number of benzene rings is 2. The number of aliphatic hydroxyl groups excluding tert-OH is 1. The van der Waals surface area contributed by atoms with E-state index in [1.165, 1.54) is 27.6 Å². The van der Waals surface area contributed by atoms with Gasteiger partial charge in [0.05, 0.1) is 15.8 Å². The molecule has 1 atom stereocenters.